The van der Waals surface area contributed by atoms with Crippen LogP contribution >= 0.6 is 0 Å². The van der Waals surface area contributed by atoms with Gasteiger partial charge in [0, 0.05) is 28.9 Å². The number of carbonyl (C=O) groups is 4. The number of rotatable bonds is 5. The molecule has 0 heterocycles. The summed E-state index contributed by atoms with van der Waals surface area (Å²) in [6.07, 6.45) is 1.30. The Morgan fingerprint density at radius 3 is 2.39 bits per heavy atom. The molecule has 0 unspecified atom stereocenters. The van der Waals surface area contributed by atoms with Crippen molar-refractivity contribution in [2.75, 3.05) is 0 Å². The van der Waals surface area contributed by atoms with E-state index in [4.69, 9.17) is 0 Å². The number of aryl methyl sites for hydroxylation is 1. The summed E-state index contributed by atoms with van der Waals surface area (Å²) in [5.74, 6) is -3.80. The molecule has 3 N–H and O–H groups in total. The van der Waals surface area contributed by atoms with E-state index in [2.05, 4.69) is 0 Å². The molecule has 3 atom stereocenters. The third-order valence-electron chi connectivity index (χ3n) is 8.52. The Balaban J connectivity index is 1.57. The van der Waals surface area contributed by atoms with E-state index in [0.29, 0.717) is 23.1 Å². The van der Waals surface area contributed by atoms with Crippen LogP contribution in [-0.4, -0.2) is 44.1 Å². The Hall–Kier alpha value is -3.84. The van der Waals surface area contributed by atoms with E-state index in [1.165, 1.54) is 13.0 Å². The van der Waals surface area contributed by atoms with Crippen LogP contribution in [0.5, 0.6) is 5.75 Å². The van der Waals surface area contributed by atoms with Crippen molar-refractivity contribution in [2.45, 2.75) is 58.5 Å². The van der Waals surface area contributed by atoms with Gasteiger partial charge in [0.05, 0.1) is 11.1 Å². The van der Waals surface area contributed by atoms with Crippen LogP contribution in [0.1, 0.15) is 71.9 Å². The van der Waals surface area contributed by atoms with E-state index in [1.54, 1.807) is 37.3 Å². The third kappa shape index (κ3) is 3.68. The topological polar surface area (TPSA) is 129 Å². The number of hydrogen-bond donors (Lipinski definition) is 3. The molecule has 0 bridgehead atoms. The maximum Gasteiger partial charge on any atom is 0.205 e. The number of Topliss-reactive ketones (excluding diaryl/α,β-unsaturated/α-hetero) is 4. The molecule has 0 saturated heterocycles. The molecule has 0 amide bonds. The molecule has 0 aromatic heterocycles. The molecule has 0 aliphatic heterocycles. The molecule has 0 radical (unpaired) electrons. The first-order valence-corrected chi connectivity index (χ1v) is 12.8. The predicted octanol–water partition coefficient (Wildman–Crippen LogP) is 4.39. The summed E-state index contributed by atoms with van der Waals surface area (Å²) in [5, 5.41) is 33.6. The number of aliphatic hydroxyl groups is 2. The fourth-order valence-electron chi connectivity index (χ4n) is 6.73. The van der Waals surface area contributed by atoms with Gasteiger partial charge in [-0.3, -0.25) is 19.2 Å². The Morgan fingerprint density at radius 1 is 1.05 bits per heavy atom. The molecular formula is C31H30O7. The summed E-state index contributed by atoms with van der Waals surface area (Å²) in [6, 6.07) is 12.0. The lowest BCUT2D eigenvalue weighted by atomic mass is 9.53. The van der Waals surface area contributed by atoms with Crippen LogP contribution in [0.2, 0.25) is 0 Å². The molecule has 0 spiro atoms. The number of aromatic hydroxyl groups is 1. The van der Waals surface area contributed by atoms with Gasteiger partial charge >= 0.3 is 0 Å². The number of hydrogen-bond acceptors (Lipinski definition) is 7. The maximum atomic E-state index is 13.9. The van der Waals surface area contributed by atoms with E-state index in [-0.39, 0.29) is 53.9 Å². The Morgan fingerprint density at radius 2 is 1.74 bits per heavy atom. The van der Waals surface area contributed by atoms with Gasteiger partial charge in [0.2, 0.25) is 5.78 Å². The Labute approximate surface area is 220 Å². The lowest BCUT2D eigenvalue weighted by Gasteiger charge is -2.50. The number of ketones is 4. The highest BCUT2D eigenvalue weighted by Gasteiger charge is 2.61. The number of aliphatic hydroxyl groups excluding tert-OH is 1. The minimum absolute atomic E-state index is 0.0116. The number of fused-ring (bicyclic) bond motifs is 3. The molecular weight excluding hydrogens is 484 g/mol. The number of phenolic OH excluding ortho intramolecular Hbond substituents is 1. The van der Waals surface area contributed by atoms with Gasteiger partial charge in [-0.05, 0) is 56.7 Å². The van der Waals surface area contributed by atoms with E-state index in [0.717, 1.165) is 5.56 Å². The van der Waals surface area contributed by atoms with Crippen LogP contribution in [0.4, 0.5) is 0 Å². The minimum atomic E-state index is -2.38. The number of allylic oxidation sites excluding steroid dienone is 2. The highest BCUT2D eigenvalue weighted by molar-refractivity contribution is 6.25. The average Bonchev–Trinajstić information content (AvgIpc) is 2.85. The van der Waals surface area contributed by atoms with Gasteiger partial charge in [-0.15, -0.1) is 0 Å². The summed E-state index contributed by atoms with van der Waals surface area (Å²) in [5.41, 5.74) is -1.02. The van der Waals surface area contributed by atoms with Crippen molar-refractivity contribution in [1.29, 1.82) is 0 Å². The number of phenols is 1. The highest BCUT2D eigenvalue weighted by Crippen LogP contribution is 2.57. The quantitative estimate of drug-likeness (QED) is 0.399. The molecule has 3 aliphatic rings. The van der Waals surface area contributed by atoms with Gasteiger partial charge in [0.25, 0.3) is 0 Å². The summed E-state index contributed by atoms with van der Waals surface area (Å²) in [7, 11) is 0. The second kappa shape index (κ2) is 8.88. The van der Waals surface area contributed by atoms with E-state index >= 15 is 0 Å². The summed E-state index contributed by atoms with van der Waals surface area (Å²) in [6.45, 7) is 4.72. The van der Waals surface area contributed by atoms with Gasteiger partial charge in [-0.2, -0.15) is 0 Å². The number of benzene rings is 2. The Kier molecular flexibility index (Phi) is 6.03. The Bertz CT molecular complexity index is 1480. The molecule has 3 aliphatic carbocycles. The van der Waals surface area contributed by atoms with Crippen LogP contribution in [0.15, 0.2) is 64.9 Å². The lowest BCUT2D eigenvalue weighted by Crippen LogP contribution is -2.58. The third-order valence-corrected chi connectivity index (χ3v) is 8.52. The number of carbonyl (C=O) groups excluding carboxylic acids is 4. The van der Waals surface area contributed by atoms with Crippen molar-refractivity contribution in [1.82, 2.24) is 0 Å². The largest absolute Gasteiger partial charge is 0.508 e. The van der Waals surface area contributed by atoms with Gasteiger partial charge in [-0.25, -0.2) is 0 Å². The monoisotopic (exact) mass is 514 g/mol. The fraction of sp³-hybridized carbons (Fsp3) is 0.355. The lowest BCUT2D eigenvalue weighted by molar-refractivity contribution is -0.144. The fourth-order valence-corrected chi connectivity index (χ4v) is 6.73. The minimum Gasteiger partial charge on any atom is -0.508 e. The van der Waals surface area contributed by atoms with Crippen LogP contribution in [-0.2, 0) is 22.4 Å². The second-order valence-corrected chi connectivity index (χ2v) is 11.1. The molecule has 0 fully saturated rings. The summed E-state index contributed by atoms with van der Waals surface area (Å²) in [4.78, 5) is 52.1. The molecule has 7 nitrogen and oxygen atoms in total. The molecule has 38 heavy (non-hydrogen) atoms. The van der Waals surface area contributed by atoms with E-state index < -0.39 is 40.0 Å². The summed E-state index contributed by atoms with van der Waals surface area (Å²) >= 11 is 0. The smallest absolute Gasteiger partial charge is 0.205 e. The predicted molar refractivity (Wildman–Crippen MR) is 139 cm³/mol. The zero-order valence-corrected chi connectivity index (χ0v) is 21.6. The van der Waals surface area contributed by atoms with Gasteiger partial charge in [-0.1, -0.05) is 48.9 Å². The molecule has 2 aromatic rings. The van der Waals surface area contributed by atoms with E-state index in [1.807, 2.05) is 13.0 Å². The molecule has 2 aromatic carbocycles. The first-order valence-electron chi connectivity index (χ1n) is 12.8. The highest BCUT2D eigenvalue weighted by atomic mass is 16.3. The zero-order valence-electron chi connectivity index (χ0n) is 21.6. The van der Waals surface area contributed by atoms with Gasteiger partial charge in [0.1, 0.15) is 11.5 Å². The standard InChI is InChI=1S/C31H30O7/c1-16-13-20-14-30(3)15-21-18(9-11-22(33)19-7-5-4-6-8-19)10-12-23(34)25(21)27(35)26(30)29(37)31(20,38)28(36)24(16)17(2)32/h4-8,10,12,20,34,37-38H,9,11,13-15H2,1-3H3/t20-,30-,31-/m1/s1. The molecule has 0 saturated carbocycles. The van der Waals surface area contributed by atoms with E-state index in [9.17, 15) is 34.5 Å². The zero-order chi connectivity index (χ0) is 27.6. The normalized spacial score (nSPS) is 26.6. The van der Waals surface area contributed by atoms with Crippen LogP contribution in [0.3, 0.4) is 0 Å². The first-order chi connectivity index (χ1) is 17.9. The molecule has 5 rings (SSSR count). The maximum absolute atomic E-state index is 13.9. The van der Waals surface area contributed by atoms with Gasteiger partial charge in [0.15, 0.2) is 23.0 Å². The van der Waals surface area contributed by atoms with Crippen LogP contribution < -0.4 is 0 Å². The van der Waals surface area contributed by atoms with Crippen LogP contribution in [0, 0.1) is 11.3 Å². The van der Waals surface area contributed by atoms with Gasteiger partial charge < -0.3 is 15.3 Å². The first kappa shape index (κ1) is 25.8. The second-order valence-electron chi connectivity index (χ2n) is 11.1. The average molecular weight is 515 g/mol. The molecule has 7 heteroatoms. The van der Waals surface area contributed by atoms with Crippen LogP contribution in [0.25, 0.3) is 0 Å². The van der Waals surface area contributed by atoms with Crippen molar-refractivity contribution in [3.8, 4) is 5.75 Å². The summed E-state index contributed by atoms with van der Waals surface area (Å²) < 4.78 is 0. The van der Waals surface area contributed by atoms with Crippen molar-refractivity contribution in [3.63, 3.8) is 0 Å². The SMILES string of the molecule is CC(=O)C1=C(C)C[C@@H]2C[C@]3(C)Cc4c(CCC(=O)c5ccccc5)ccc(O)c4C(=O)C3=C(O)[C@]2(O)C1=O. The molecule has 196 valence electrons. The van der Waals surface area contributed by atoms with Crippen molar-refractivity contribution in [3.05, 3.63) is 87.2 Å². The van der Waals surface area contributed by atoms with Crippen molar-refractivity contribution >= 4 is 23.1 Å². The van der Waals surface area contributed by atoms with Crippen molar-refractivity contribution in [2.24, 2.45) is 11.3 Å². The van der Waals surface area contributed by atoms with Crippen molar-refractivity contribution < 1.29 is 34.5 Å².